The van der Waals surface area contributed by atoms with Crippen LogP contribution in [0.5, 0.6) is 5.75 Å². The van der Waals surface area contributed by atoms with Crippen molar-refractivity contribution in [3.63, 3.8) is 0 Å². The van der Waals surface area contributed by atoms with Crippen molar-refractivity contribution >= 4 is 33.3 Å². The number of ether oxygens (including phenoxy) is 1. The van der Waals surface area contributed by atoms with Gasteiger partial charge in [0.1, 0.15) is 16.3 Å². The number of hydrogen-bond donors (Lipinski definition) is 0. The average Bonchev–Trinajstić information content (AvgIpc) is 3.49. The van der Waals surface area contributed by atoms with Gasteiger partial charge in [0.15, 0.2) is 5.16 Å². The summed E-state index contributed by atoms with van der Waals surface area (Å²) >= 11 is 2.62. The highest BCUT2D eigenvalue weighted by molar-refractivity contribution is 7.98. The summed E-state index contributed by atoms with van der Waals surface area (Å²) in [5.41, 5.74) is 1.75. The van der Waals surface area contributed by atoms with Crippen LogP contribution in [0.1, 0.15) is 12.8 Å². The maximum absolute atomic E-state index is 13.4. The molecule has 3 heterocycles. The molecule has 0 aliphatic carbocycles. The van der Waals surface area contributed by atoms with Crippen molar-refractivity contribution in [3.05, 3.63) is 82.0 Å². The smallest absolute Gasteiger partial charge is 0.276 e. The predicted octanol–water partition coefficient (Wildman–Crippen LogP) is 5.33. The minimum Gasteiger partial charge on any atom is -0.494 e. The van der Waals surface area contributed by atoms with E-state index in [9.17, 15) is 9.18 Å². The van der Waals surface area contributed by atoms with E-state index in [0.29, 0.717) is 45.1 Å². The van der Waals surface area contributed by atoms with Gasteiger partial charge >= 0.3 is 0 Å². The van der Waals surface area contributed by atoms with Crippen LogP contribution in [0, 0.1) is 5.82 Å². The molecule has 2 aromatic carbocycles. The fourth-order valence-corrected chi connectivity index (χ4v) is 4.84. The maximum atomic E-state index is 13.4. The molecule has 5 aromatic rings. The van der Waals surface area contributed by atoms with E-state index in [0.717, 1.165) is 11.3 Å². The molecule has 0 saturated carbocycles. The first-order chi connectivity index (χ1) is 16.1. The van der Waals surface area contributed by atoms with Crippen LogP contribution in [-0.4, -0.2) is 26.3 Å². The number of aromatic nitrogens is 4. The lowest BCUT2D eigenvalue weighted by Gasteiger charge is -2.11. The molecule has 0 aliphatic heterocycles. The van der Waals surface area contributed by atoms with Gasteiger partial charge in [0.05, 0.1) is 23.6 Å². The highest BCUT2D eigenvalue weighted by Crippen LogP contribution is 2.27. The fourth-order valence-electron chi connectivity index (χ4n) is 3.23. The van der Waals surface area contributed by atoms with Crippen molar-refractivity contribution in [3.8, 4) is 22.8 Å². The Balaban J connectivity index is 1.42. The second-order valence-electron chi connectivity index (χ2n) is 6.90. The third kappa shape index (κ3) is 4.39. The van der Waals surface area contributed by atoms with Gasteiger partial charge in [-0.15, -0.1) is 11.3 Å². The number of fused-ring (bicyclic) bond motifs is 1. The molecular weight excluding hydrogens is 463 g/mol. The summed E-state index contributed by atoms with van der Waals surface area (Å²) < 4.78 is 26.3. The highest BCUT2D eigenvalue weighted by atomic mass is 32.2. The molecule has 0 N–H and O–H groups in total. The van der Waals surface area contributed by atoms with E-state index >= 15 is 0 Å². The lowest BCUT2D eigenvalue weighted by atomic mass is 10.2. The minimum atomic E-state index is -0.376. The predicted molar refractivity (Wildman–Crippen MR) is 126 cm³/mol. The number of halogens is 1. The Hall–Kier alpha value is -3.50. The number of thioether (sulfide) groups is 1. The van der Waals surface area contributed by atoms with Gasteiger partial charge in [-0.1, -0.05) is 16.9 Å². The highest BCUT2D eigenvalue weighted by Gasteiger charge is 2.16. The molecule has 7 nitrogen and oxygen atoms in total. The Morgan fingerprint density at radius 2 is 1.88 bits per heavy atom. The van der Waals surface area contributed by atoms with E-state index in [2.05, 4.69) is 15.1 Å². The largest absolute Gasteiger partial charge is 0.494 e. The molecule has 33 heavy (non-hydrogen) atoms. The van der Waals surface area contributed by atoms with Crippen LogP contribution >= 0.6 is 23.1 Å². The van der Waals surface area contributed by atoms with Gasteiger partial charge in [0.25, 0.3) is 5.56 Å². The van der Waals surface area contributed by atoms with Crippen molar-refractivity contribution in [1.29, 1.82) is 0 Å². The second-order valence-corrected chi connectivity index (χ2v) is 8.76. The van der Waals surface area contributed by atoms with Crippen LogP contribution in [0.4, 0.5) is 4.39 Å². The molecule has 0 radical (unpaired) electrons. The van der Waals surface area contributed by atoms with Gasteiger partial charge in [-0.05, 0) is 66.9 Å². The van der Waals surface area contributed by atoms with E-state index in [1.54, 1.807) is 18.2 Å². The Kier molecular flexibility index (Phi) is 5.93. The quantitative estimate of drug-likeness (QED) is 0.230. The standard InChI is InChI=1S/C23H17FN4O3S2/c1-2-30-17-9-3-14(4-10-17)21-26-19(31-27-21)13-33-23-25-18-11-12-32-20(18)22(29)28(23)16-7-5-15(24)6-8-16/h3-12H,2,13H2,1H3. The average molecular weight is 481 g/mol. The third-order valence-corrected chi connectivity index (χ3v) is 6.57. The van der Waals surface area contributed by atoms with Crippen LogP contribution in [0.2, 0.25) is 0 Å². The summed E-state index contributed by atoms with van der Waals surface area (Å²) in [6, 6.07) is 15.0. The minimum absolute atomic E-state index is 0.204. The van der Waals surface area contributed by atoms with Gasteiger partial charge in [0.2, 0.25) is 11.7 Å². The Morgan fingerprint density at radius 1 is 1.09 bits per heavy atom. The van der Waals surface area contributed by atoms with Crippen LogP contribution in [0.15, 0.2) is 74.5 Å². The van der Waals surface area contributed by atoms with E-state index in [1.807, 2.05) is 36.6 Å². The Bertz CT molecular complexity index is 1460. The Labute approximate surface area is 195 Å². The van der Waals surface area contributed by atoms with Crippen LogP contribution in [-0.2, 0) is 5.75 Å². The number of thiophene rings is 1. The van der Waals surface area contributed by atoms with Crippen molar-refractivity contribution in [2.45, 2.75) is 17.8 Å². The maximum Gasteiger partial charge on any atom is 0.276 e. The first-order valence-electron chi connectivity index (χ1n) is 10.1. The van der Waals surface area contributed by atoms with Crippen molar-refractivity contribution in [1.82, 2.24) is 19.7 Å². The molecule has 0 aliphatic rings. The molecule has 0 amide bonds. The number of hydrogen-bond acceptors (Lipinski definition) is 8. The molecule has 0 unspecified atom stereocenters. The summed E-state index contributed by atoms with van der Waals surface area (Å²) in [6.45, 7) is 2.52. The van der Waals surface area contributed by atoms with Crippen LogP contribution in [0.25, 0.3) is 27.3 Å². The molecule has 166 valence electrons. The Morgan fingerprint density at radius 3 is 2.64 bits per heavy atom. The van der Waals surface area contributed by atoms with E-state index in [-0.39, 0.29) is 11.4 Å². The van der Waals surface area contributed by atoms with E-state index in [4.69, 9.17) is 9.26 Å². The first kappa shape index (κ1) is 21.4. The van der Waals surface area contributed by atoms with Gasteiger partial charge in [-0.3, -0.25) is 9.36 Å². The molecular formula is C23H17FN4O3S2. The molecule has 5 rings (SSSR count). The van der Waals surface area contributed by atoms with Crippen LogP contribution < -0.4 is 10.3 Å². The zero-order chi connectivity index (χ0) is 22.8. The summed E-state index contributed by atoms with van der Waals surface area (Å²) in [5, 5.41) is 6.33. The number of nitrogens with zero attached hydrogens (tertiary/aromatic N) is 4. The zero-order valence-corrected chi connectivity index (χ0v) is 19.0. The third-order valence-electron chi connectivity index (χ3n) is 4.75. The summed E-state index contributed by atoms with van der Waals surface area (Å²) in [7, 11) is 0. The summed E-state index contributed by atoms with van der Waals surface area (Å²) in [4.78, 5) is 22.2. The molecule has 0 bridgehead atoms. The molecule has 10 heteroatoms. The van der Waals surface area contributed by atoms with Crippen molar-refractivity contribution in [2.24, 2.45) is 0 Å². The lowest BCUT2D eigenvalue weighted by molar-refractivity contribution is 0.340. The molecule has 0 saturated heterocycles. The van der Waals surface area contributed by atoms with Gasteiger partial charge in [0, 0.05) is 5.56 Å². The van der Waals surface area contributed by atoms with E-state index < -0.39 is 0 Å². The van der Waals surface area contributed by atoms with Gasteiger partial charge in [-0.25, -0.2) is 9.37 Å². The van der Waals surface area contributed by atoms with Crippen LogP contribution in [0.3, 0.4) is 0 Å². The number of rotatable bonds is 7. The zero-order valence-electron chi connectivity index (χ0n) is 17.4. The summed E-state index contributed by atoms with van der Waals surface area (Å²) in [6.07, 6.45) is 0. The second kappa shape index (κ2) is 9.16. The molecule has 0 fully saturated rings. The topological polar surface area (TPSA) is 83.0 Å². The van der Waals surface area contributed by atoms with Gasteiger partial charge in [-0.2, -0.15) is 4.98 Å². The first-order valence-corrected chi connectivity index (χ1v) is 11.9. The molecule has 0 spiro atoms. The monoisotopic (exact) mass is 480 g/mol. The van der Waals surface area contributed by atoms with E-state index in [1.165, 1.54) is 39.8 Å². The molecule has 0 atom stereocenters. The van der Waals surface area contributed by atoms with Crippen molar-refractivity contribution < 1.29 is 13.7 Å². The van der Waals surface area contributed by atoms with Crippen molar-refractivity contribution in [2.75, 3.05) is 6.61 Å². The summed E-state index contributed by atoms with van der Waals surface area (Å²) in [5.74, 6) is 1.57. The SMILES string of the molecule is CCOc1ccc(-c2noc(CSc3nc4ccsc4c(=O)n3-c3ccc(F)cc3)n2)cc1. The molecule has 3 aromatic heterocycles. The number of benzene rings is 2. The normalized spacial score (nSPS) is 11.2. The lowest BCUT2D eigenvalue weighted by Crippen LogP contribution is -2.20. The fraction of sp³-hybridized carbons (Fsp3) is 0.130. The van der Waals surface area contributed by atoms with Gasteiger partial charge < -0.3 is 9.26 Å².